The van der Waals surface area contributed by atoms with Crippen molar-refractivity contribution in [2.75, 3.05) is 5.75 Å². The molecule has 0 fully saturated rings. The summed E-state index contributed by atoms with van der Waals surface area (Å²) in [4.78, 5) is 67.0. The number of nitrogens with two attached hydrogens (primary N) is 2. The van der Waals surface area contributed by atoms with Gasteiger partial charge in [0.15, 0.2) is 0 Å². The van der Waals surface area contributed by atoms with Crippen molar-refractivity contribution in [2.24, 2.45) is 17.4 Å². The fourth-order valence-corrected chi connectivity index (χ4v) is 3.22. The van der Waals surface area contributed by atoms with Crippen LogP contribution in [0.15, 0.2) is 12.5 Å². The Kier molecular flexibility index (Phi) is 12.1. The maximum Gasteiger partial charge on any atom is 0.326 e. The number of amides is 4. The summed E-state index contributed by atoms with van der Waals surface area (Å²) in [5, 5.41) is 16.9. The van der Waals surface area contributed by atoms with Gasteiger partial charge in [0.25, 0.3) is 0 Å². The number of nitrogens with one attached hydrogen (secondary N) is 4. The van der Waals surface area contributed by atoms with E-state index in [0.717, 1.165) is 0 Å². The van der Waals surface area contributed by atoms with Crippen molar-refractivity contribution >= 4 is 42.2 Å². The number of carboxylic acids is 1. The van der Waals surface area contributed by atoms with Crippen LogP contribution in [-0.2, 0) is 30.4 Å². The van der Waals surface area contributed by atoms with E-state index < -0.39 is 53.8 Å². The van der Waals surface area contributed by atoms with Crippen molar-refractivity contribution in [3.8, 4) is 0 Å². The minimum Gasteiger partial charge on any atom is -0.480 e. The normalized spacial score (nSPS) is 14.5. The van der Waals surface area contributed by atoms with Crippen LogP contribution in [0.2, 0.25) is 0 Å². The molecule has 0 saturated heterocycles. The fourth-order valence-electron chi connectivity index (χ4n) is 2.97. The second-order valence-electron chi connectivity index (χ2n) is 8.23. The van der Waals surface area contributed by atoms with E-state index in [1.165, 1.54) is 12.5 Å². The van der Waals surface area contributed by atoms with Crippen LogP contribution >= 0.6 is 12.6 Å². The lowest BCUT2D eigenvalue weighted by molar-refractivity contribution is -0.142. The molecule has 34 heavy (non-hydrogen) atoms. The van der Waals surface area contributed by atoms with Gasteiger partial charge in [-0.25, -0.2) is 9.78 Å². The second-order valence-corrected chi connectivity index (χ2v) is 8.59. The molecular weight excluding hydrogens is 466 g/mol. The van der Waals surface area contributed by atoms with Crippen LogP contribution in [0.5, 0.6) is 0 Å². The van der Waals surface area contributed by atoms with E-state index in [9.17, 15) is 29.1 Å². The standard InChI is InChI=1S/C20H33N7O6S/c1-10(2)5-13(18(30)26-14(20(32)33)6-11-7-23-9-24-11)25-19(31)15(8-34)27-17(29)12(21)3-4-16(22)28/h7,9-10,12-15,34H,3-6,8,21H2,1-2H3,(H2,22,28)(H,23,24)(H,25,31)(H,26,30)(H,27,29)(H,32,33). The maximum atomic E-state index is 12.9. The first kappa shape index (κ1) is 28.9. The Labute approximate surface area is 202 Å². The van der Waals surface area contributed by atoms with Gasteiger partial charge in [0.05, 0.1) is 12.4 Å². The molecule has 4 atom stereocenters. The van der Waals surface area contributed by atoms with E-state index in [2.05, 4.69) is 38.5 Å². The monoisotopic (exact) mass is 499 g/mol. The highest BCUT2D eigenvalue weighted by molar-refractivity contribution is 7.80. The second kappa shape index (κ2) is 14.2. The number of H-pyrrole nitrogens is 1. The number of hydrogen-bond donors (Lipinski definition) is 8. The molecule has 0 spiro atoms. The Balaban J connectivity index is 2.84. The van der Waals surface area contributed by atoms with Crippen molar-refractivity contribution < 1.29 is 29.1 Å². The van der Waals surface area contributed by atoms with E-state index in [1.54, 1.807) is 0 Å². The highest BCUT2D eigenvalue weighted by Gasteiger charge is 2.30. The predicted octanol–water partition coefficient (Wildman–Crippen LogP) is -1.94. The number of carbonyl (C=O) groups excluding carboxylic acids is 4. The average molecular weight is 500 g/mol. The molecule has 9 N–H and O–H groups in total. The van der Waals surface area contributed by atoms with Gasteiger partial charge in [-0.3, -0.25) is 19.2 Å². The molecule has 190 valence electrons. The van der Waals surface area contributed by atoms with Crippen molar-refractivity contribution in [3.63, 3.8) is 0 Å². The van der Waals surface area contributed by atoms with Crippen molar-refractivity contribution in [1.29, 1.82) is 0 Å². The van der Waals surface area contributed by atoms with Crippen molar-refractivity contribution in [2.45, 2.75) is 63.7 Å². The smallest absolute Gasteiger partial charge is 0.326 e. The minimum atomic E-state index is -1.25. The lowest BCUT2D eigenvalue weighted by Crippen LogP contribution is -2.58. The largest absolute Gasteiger partial charge is 0.480 e. The predicted molar refractivity (Wildman–Crippen MR) is 125 cm³/mol. The zero-order valence-electron chi connectivity index (χ0n) is 19.1. The Hall–Kier alpha value is -3.13. The highest BCUT2D eigenvalue weighted by atomic mass is 32.1. The Morgan fingerprint density at radius 2 is 1.65 bits per heavy atom. The Morgan fingerprint density at radius 1 is 1.06 bits per heavy atom. The summed E-state index contributed by atoms with van der Waals surface area (Å²) in [6.45, 7) is 3.67. The summed E-state index contributed by atoms with van der Waals surface area (Å²) in [7, 11) is 0. The van der Waals surface area contributed by atoms with Gasteiger partial charge in [0.2, 0.25) is 23.6 Å². The molecule has 1 rings (SSSR count). The summed E-state index contributed by atoms with van der Waals surface area (Å²) < 4.78 is 0. The van der Waals surface area contributed by atoms with E-state index in [-0.39, 0.29) is 37.4 Å². The molecule has 0 saturated carbocycles. The lowest BCUT2D eigenvalue weighted by atomic mass is 10.0. The molecule has 1 aromatic heterocycles. The molecule has 14 heteroatoms. The van der Waals surface area contributed by atoms with Gasteiger partial charge in [-0.05, 0) is 18.8 Å². The third-order valence-corrected chi connectivity index (χ3v) is 5.15. The molecule has 0 aromatic carbocycles. The molecule has 0 radical (unpaired) electrons. The number of primary amides is 1. The number of aromatic nitrogens is 2. The molecule has 0 aliphatic carbocycles. The number of thiol groups is 1. The van der Waals surface area contributed by atoms with Crippen LogP contribution in [0.4, 0.5) is 0 Å². The van der Waals surface area contributed by atoms with Gasteiger partial charge in [0.1, 0.15) is 18.1 Å². The number of aliphatic carboxylic acids is 1. The van der Waals surface area contributed by atoms with Gasteiger partial charge in [-0.1, -0.05) is 13.8 Å². The van der Waals surface area contributed by atoms with Crippen LogP contribution in [0.1, 0.15) is 38.8 Å². The lowest BCUT2D eigenvalue weighted by Gasteiger charge is -2.25. The molecular formula is C20H33N7O6S. The quantitative estimate of drug-likeness (QED) is 0.126. The maximum absolute atomic E-state index is 12.9. The van der Waals surface area contributed by atoms with E-state index in [1.807, 2.05) is 13.8 Å². The Morgan fingerprint density at radius 3 is 2.15 bits per heavy atom. The highest BCUT2D eigenvalue weighted by Crippen LogP contribution is 2.08. The molecule has 1 aromatic rings. The molecule has 4 unspecified atom stereocenters. The van der Waals surface area contributed by atoms with E-state index in [0.29, 0.717) is 5.69 Å². The first-order valence-electron chi connectivity index (χ1n) is 10.7. The van der Waals surface area contributed by atoms with Gasteiger partial charge < -0.3 is 37.5 Å². The molecule has 4 amide bonds. The van der Waals surface area contributed by atoms with Gasteiger partial charge >= 0.3 is 5.97 Å². The summed E-state index contributed by atoms with van der Waals surface area (Å²) in [6, 6.07) is -4.48. The number of aromatic amines is 1. The number of imidazole rings is 1. The number of carboxylic acid groups (broad SMARTS) is 1. The van der Waals surface area contributed by atoms with E-state index >= 15 is 0 Å². The third-order valence-electron chi connectivity index (χ3n) is 4.79. The summed E-state index contributed by atoms with van der Waals surface area (Å²) in [5.41, 5.74) is 11.3. The topological polar surface area (TPSA) is 222 Å². The minimum absolute atomic E-state index is 0.00731. The first-order valence-corrected chi connectivity index (χ1v) is 11.3. The molecule has 0 bridgehead atoms. The molecule has 1 heterocycles. The van der Waals surface area contributed by atoms with Crippen LogP contribution in [0.25, 0.3) is 0 Å². The number of nitrogens with zero attached hydrogens (tertiary/aromatic N) is 1. The van der Waals surface area contributed by atoms with Crippen LogP contribution in [0, 0.1) is 5.92 Å². The number of carbonyl (C=O) groups is 5. The molecule has 13 nitrogen and oxygen atoms in total. The average Bonchev–Trinajstić information content (AvgIpc) is 3.27. The zero-order chi connectivity index (χ0) is 25.8. The SMILES string of the molecule is CC(C)CC(NC(=O)C(CS)NC(=O)C(N)CCC(N)=O)C(=O)NC(Cc1cnc[nH]1)C(=O)O. The van der Waals surface area contributed by atoms with Crippen molar-refractivity contribution in [3.05, 3.63) is 18.2 Å². The number of hydrogen-bond acceptors (Lipinski definition) is 8. The van der Waals surface area contributed by atoms with Crippen molar-refractivity contribution in [1.82, 2.24) is 25.9 Å². The summed E-state index contributed by atoms with van der Waals surface area (Å²) in [6.07, 6.45) is 2.95. The van der Waals surface area contributed by atoms with Crippen LogP contribution < -0.4 is 27.4 Å². The van der Waals surface area contributed by atoms with Crippen LogP contribution in [0.3, 0.4) is 0 Å². The molecule has 0 aliphatic heterocycles. The number of rotatable bonds is 15. The third kappa shape index (κ3) is 10.2. The fraction of sp³-hybridized carbons (Fsp3) is 0.600. The zero-order valence-corrected chi connectivity index (χ0v) is 20.0. The first-order chi connectivity index (χ1) is 15.9. The van der Waals surface area contributed by atoms with Gasteiger partial charge in [0, 0.05) is 30.5 Å². The van der Waals surface area contributed by atoms with Gasteiger partial charge in [-0.2, -0.15) is 12.6 Å². The summed E-state index contributed by atoms with van der Waals surface area (Å²) >= 11 is 4.08. The van der Waals surface area contributed by atoms with E-state index in [4.69, 9.17) is 11.5 Å². The van der Waals surface area contributed by atoms with Crippen LogP contribution in [-0.4, -0.2) is 74.6 Å². The molecule has 0 aliphatic rings. The summed E-state index contributed by atoms with van der Waals surface area (Å²) in [5.74, 6) is -4.01. The Bertz CT molecular complexity index is 848. The van der Waals surface area contributed by atoms with Gasteiger partial charge in [-0.15, -0.1) is 0 Å².